The van der Waals surface area contributed by atoms with E-state index in [9.17, 15) is 13.2 Å². The van der Waals surface area contributed by atoms with E-state index < -0.39 is 17.5 Å². The van der Waals surface area contributed by atoms with Crippen LogP contribution in [0.5, 0.6) is 0 Å². The number of rotatable bonds is 4. The molecule has 1 heterocycles. The number of hydrogen-bond donors (Lipinski definition) is 0. The molecule has 5 heteroatoms. The van der Waals surface area contributed by atoms with Gasteiger partial charge in [0.05, 0.1) is 19.3 Å². The summed E-state index contributed by atoms with van der Waals surface area (Å²) >= 11 is 0. The average Bonchev–Trinajstić information content (AvgIpc) is 2.80. The van der Waals surface area contributed by atoms with Crippen LogP contribution in [0.25, 0.3) is 10.8 Å². The largest absolute Gasteiger partial charge is 0.373 e. The molecule has 3 aromatic carbocycles. The molecule has 0 radical (unpaired) electrons. The van der Waals surface area contributed by atoms with Gasteiger partial charge in [0.25, 0.3) is 0 Å². The van der Waals surface area contributed by atoms with Crippen molar-refractivity contribution in [1.29, 1.82) is 0 Å². The van der Waals surface area contributed by atoms with Crippen LogP contribution in [0.2, 0.25) is 0 Å². The molecule has 0 aliphatic carbocycles. The summed E-state index contributed by atoms with van der Waals surface area (Å²) in [7, 11) is 0. The molecule has 1 fully saturated rings. The molecule has 0 saturated carbocycles. The van der Waals surface area contributed by atoms with Gasteiger partial charge in [0.2, 0.25) is 0 Å². The molecule has 2 atom stereocenters. The first-order chi connectivity index (χ1) is 15.0. The highest BCUT2D eigenvalue weighted by molar-refractivity contribution is 5.84. The fourth-order valence-corrected chi connectivity index (χ4v) is 3.64. The van der Waals surface area contributed by atoms with Crippen LogP contribution in [-0.4, -0.2) is 19.3 Å². The van der Waals surface area contributed by atoms with Crippen molar-refractivity contribution in [3.8, 4) is 11.8 Å². The van der Waals surface area contributed by atoms with Crippen LogP contribution in [0, 0.1) is 29.3 Å². The summed E-state index contributed by atoms with van der Waals surface area (Å²) in [5.41, 5.74) is 2.43. The van der Waals surface area contributed by atoms with E-state index in [1.807, 2.05) is 24.3 Å². The minimum absolute atomic E-state index is 0.0282. The van der Waals surface area contributed by atoms with E-state index in [0.717, 1.165) is 36.5 Å². The van der Waals surface area contributed by atoms with E-state index in [1.165, 1.54) is 6.07 Å². The third-order valence-electron chi connectivity index (χ3n) is 5.45. The van der Waals surface area contributed by atoms with Gasteiger partial charge in [-0.2, -0.15) is 0 Å². The number of benzene rings is 3. The molecule has 0 amide bonds. The van der Waals surface area contributed by atoms with Crippen LogP contribution in [0.4, 0.5) is 13.2 Å². The van der Waals surface area contributed by atoms with E-state index in [1.54, 1.807) is 12.1 Å². The van der Waals surface area contributed by atoms with Crippen molar-refractivity contribution in [2.24, 2.45) is 0 Å². The van der Waals surface area contributed by atoms with Gasteiger partial charge in [-0.25, -0.2) is 13.2 Å². The van der Waals surface area contributed by atoms with Gasteiger partial charge in [-0.05, 0) is 47.7 Å². The molecule has 1 aliphatic rings. The van der Waals surface area contributed by atoms with Crippen LogP contribution >= 0.6 is 0 Å². The maximum absolute atomic E-state index is 13.8. The third-order valence-corrected chi connectivity index (χ3v) is 5.45. The van der Waals surface area contributed by atoms with Crippen molar-refractivity contribution in [2.45, 2.75) is 38.4 Å². The molecular weight excluding hydrogens is 401 g/mol. The topological polar surface area (TPSA) is 18.5 Å². The highest BCUT2D eigenvalue weighted by Crippen LogP contribution is 2.26. The number of unbranched alkanes of at least 4 members (excludes halogenated alkanes) is 1. The minimum atomic E-state index is -1.46. The molecule has 160 valence electrons. The zero-order chi connectivity index (χ0) is 21.8. The standard InChI is InChI=1S/C26H23F3O2/c1-2-3-4-21-15-31-24(16-30-21)19-10-7-17(8-11-19)5-6-18-9-12-22-20(13-18)14-23(27)26(29)25(22)28/h7-14,21,24H,2-4,15-16H2,1H3/t21-,24-/m1/s1. The van der Waals surface area contributed by atoms with Gasteiger partial charge in [0, 0.05) is 16.5 Å². The Bertz CT molecular complexity index is 1120. The highest BCUT2D eigenvalue weighted by Gasteiger charge is 2.23. The number of fused-ring (bicyclic) bond motifs is 1. The van der Waals surface area contributed by atoms with Gasteiger partial charge >= 0.3 is 0 Å². The first-order valence-electron chi connectivity index (χ1n) is 10.5. The highest BCUT2D eigenvalue weighted by atomic mass is 19.2. The van der Waals surface area contributed by atoms with Crippen LogP contribution in [-0.2, 0) is 9.47 Å². The summed E-state index contributed by atoms with van der Waals surface area (Å²) in [6, 6.07) is 13.3. The van der Waals surface area contributed by atoms with E-state index in [2.05, 4.69) is 18.8 Å². The quantitative estimate of drug-likeness (QED) is 0.361. The fourth-order valence-electron chi connectivity index (χ4n) is 3.64. The Hall–Kier alpha value is -2.81. The van der Waals surface area contributed by atoms with E-state index in [4.69, 9.17) is 9.47 Å². The molecule has 3 aromatic rings. The van der Waals surface area contributed by atoms with Crippen molar-refractivity contribution in [3.63, 3.8) is 0 Å². The summed E-state index contributed by atoms with van der Waals surface area (Å²) in [5.74, 6) is 2.17. The molecule has 31 heavy (non-hydrogen) atoms. The molecule has 4 rings (SSSR count). The van der Waals surface area contributed by atoms with Crippen LogP contribution < -0.4 is 0 Å². The summed E-state index contributed by atoms with van der Waals surface area (Å²) in [6.45, 7) is 3.32. The zero-order valence-corrected chi connectivity index (χ0v) is 17.3. The van der Waals surface area contributed by atoms with Crippen molar-refractivity contribution in [1.82, 2.24) is 0 Å². The predicted molar refractivity (Wildman–Crippen MR) is 114 cm³/mol. The zero-order valence-electron chi connectivity index (χ0n) is 17.3. The van der Waals surface area contributed by atoms with Gasteiger partial charge in [0.15, 0.2) is 17.5 Å². The average molecular weight is 424 g/mol. The maximum Gasteiger partial charge on any atom is 0.195 e. The van der Waals surface area contributed by atoms with Gasteiger partial charge in [-0.3, -0.25) is 0 Å². The van der Waals surface area contributed by atoms with Gasteiger partial charge in [-0.15, -0.1) is 0 Å². The Balaban J connectivity index is 1.44. The molecule has 0 unspecified atom stereocenters. The number of halogens is 3. The van der Waals surface area contributed by atoms with Crippen molar-refractivity contribution < 1.29 is 22.6 Å². The Labute approximate surface area is 180 Å². The van der Waals surface area contributed by atoms with E-state index in [-0.39, 0.29) is 23.0 Å². The molecule has 0 bridgehead atoms. The summed E-state index contributed by atoms with van der Waals surface area (Å²) in [4.78, 5) is 0. The molecule has 1 saturated heterocycles. The van der Waals surface area contributed by atoms with Crippen molar-refractivity contribution in [2.75, 3.05) is 13.2 Å². The lowest BCUT2D eigenvalue weighted by Crippen LogP contribution is -2.31. The number of ether oxygens (including phenoxy) is 2. The normalized spacial score (nSPS) is 18.6. The molecular formula is C26H23F3O2. The lowest BCUT2D eigenvalue weighted by molar-refractivity contribution is -0.137. The second kappa shape index (κ2) is 9.55. The summed E-state index contributed by atoms with van der Waals surface area (Å²) < 4.78 is 52.6. The lowest BCUT2D eigenvalue weighted by Gasteiger charge is -2.29. The molecule has 1 aliphatic heterocycles. The first kappa shape index (κ1) is 21.4. The summed E-state index contributed by atoms with van der Waals surface area (Å²) in [5, 5.41) is 0.297. The van der Waals surface area contributed by atoms with Crippen LogP contribution in [0.15, 0.2) is 48.5 Å². The number of hydrogen-bond acceptors (Lipinski definition) is 2. The maximum atomic E-state index is 13.8. The van der Waals surface area contributed by atoms with Gasteiger partial charge in [-0.1, -0.05) is 49.8 Å². The SMILES string of the molecule is CCCC[C@@H]1CO[C@@H](c2ccc(C#Cc3ccc4c(F)c(F)c(F)cc4c3)cc2)CO1. The smallest absolute Gasteiger partial charge is 0.195 e. The Kier molecular flexibility index (Phi) is 6.60. The summed E-state index contributed by atoms with van der Waals surface area (Å²) in [6.07, 6.45) is 3.43. The molecule has 2 nitrogen and oxygen atoms in total. The third kappa shape index (κ3) is 4.92. The van der Waals surface area contributed by atoms with E-state index in [0.29, 0.717) is 18.8 Å². The van der Waals surface area contributed by atoms with Crippen molar-refractivity contribution >= 4 is 10.8 Å². The van der Waals surface area contributed by atoms with Gasteiger partial charge < -0.3 is 9.47 Å². The second-order valence-electron chi connectivity index (χ2n) is 7.71. The Morgan fingerprint density at radius 2 is 1.61 bits per heavy atom. The molecule has 0 aromatic heterocycles. The lowest BCUT2D eigenvalue weighted by atomic mass is 10.0. The first-order valence-corrected chi connectivity index (χ1v) is 10.5. The van der Waals surface area contributed by atoms with Crippen LogP contribution in [0.3, 0.4) is 0 Å². The molecule has 0 N–H and O–H groups in total. The monoisotopic (exact) mass is 424 g/mol. The van der Waals surface area contributed by atoms with Crippen LogP contribution in [0.1, 0.15) is 49.0 Å². The minimum Gasteiger partial charge on any atom is -0.373 e. The predicted octanol–water partition coefficient (Wildman–Crippen LogP) is 6.30. The van der Waals surface area contributed by atoms with Gasteiger partial charge in [0.1, 0.15) is 6.10 Å². The second-order valence-corrected chi connectivity index (χ2v) is 7.71. The Morgan fingerprint density at radius 1 is 0.871 bits per heavy atom. The van der Waals surface area contributed by atoms with E-state index >= 15 is 0 Å². The Morgan fingerprint density at radius 3 is 2.32 bits per heavy atom. The van der Waals surface area contributed by atoms with Crippen molar-refractivity contribution in [3.05, 3.63) is 82.7 Å². The fraction of sp³-hybridized carbons (Fsp3) is 0.308. The molecule has 0 spiro atoms.